The van der Waals surface area contributed by atoms with E-state index in [9.17, 15) is 72.3 Å². The Morgan fingerprint density at radius 3 is 2.06 bits per heavy atom. The van der Waals surface area contributed by atoms with Crippen LogP contribution in [0.15, 0.2) is 76.0 Å². The molecule has 0 radical (unpaired) electrons. The van der Waals surface area contributed by atoms with Crippen LogP contribution in [0.2, 0.25) is 0 Å². The van der Waals surface area contributed by atoms with Crippen LogP contribution in [0.5, 0.6) is 0 Å². The standard InChI is InChI=1S/C40H52N14O25P4/c1-51-17-54(33-25(51)34(59)50-38(42)49-33)35-26(56)19(11-44-39(60)43-10-18-6-4-3-5-7-18)20(74-35)12-72-81(64,65)78-83(68,69)79-82(66,67)73-14-22-29(30(70-2)37(76-22)53-16-47-24-31(41)45-15-46-32(24)53)77-80(62,63)71-13-21-27(57)28(58)36(75-21)52-9-8-23(55)48-40(52)61/h3-9,15-17,19-22,26-30,35-37,56-58H,10-14H2,1-2H3,(H11-,41,42,43,44,45,46,48,49,50,55,59,60,61,62,63,64,65,66,67,68,69)/p+1/t19-,20-,21-,22-,26-,27-,28-,29-,30-,35-,36-,37-/m1/s1. The van der Waals surface area contributed by atoms with Gasteiger partial charge in [0.2, 0.25) is 18.5 Å². The highest BCUT2D eigenvalue weighted by Crippen LogP contribution is 2.68. The monoisotopic (exact) mass is 1250 g/mol. The van der Waals surface area contributed by atoms with Crippen molar-refractivity contribution in [3.63, 3.8) is 0 Å². The second kappa shape index (κ2) is 24.5. The topological polar surface area (TPSA) is 548 Å². The van der Waals surface area contributed by atoms with Crippen LogP contribution in [0.25, 0.3) is 22.3 Å². The van der Waals surface area contributed by atoms with E-state index in [0.717, 1.165) is 42.2 Å². The van der Waals surface area contributed by atoms with Crippen LogP contribution in [-0.4, -0.2) is 167 Å². The molecule has 3 aliphatic rings. The predicted molar refractivity (Wildman–Crippen MR) is 272 cm³/mol. The zero-order valence-corrected chi connectivity index (χ0v) is 46.3. The third-order valence-electron chi connectivity index (χ3n) is 12.9. The minimum Gasteiger partial charge on any atom is -0.387 e. The van der Waals surface area contributed by atoms with Gasteiger partial charge in [0.15, 0.2) is 23.9 Å². The number of phosphoric ester groups is 3. The fourth-order valence-electron chi connectivity index (χ4n) is 9.18. The molecule has 5 aromatic heterocycles. The minimum atomic E-state index is -6.26. The normalized spacial score (nSPS) is 28.4. The first-order valence-corrected chi connectivity index (χ1v) is 30.1. The number of methoxy groups -OCH3 is 1. The van der Waals surface area contributed by atoms with E-state index in [1.54, 1.807) is 30.3 Å². The Labute approximate surface area is 463 Å². The van der Waals surface area contributed by atoms with Gasteiger partial charge in [-0.3, -0.25) is 46.8 Å². The first-order valence-electron chi connectivity index (χ1n) is 24.1. The molecule has 83 heavy (non-hydrogen) atoms. The van der Waals surface area contributed by atoms with E-state index in [1.807, 2.05) is 4.98 Å². The number of aliphatic hydroxyl groups excluding tert-OH is 3. The van der Waals surface area contributed by atoms with Crippen LogP contribution in [0.3, 0.4) is 0 Å². The number of hydrogen-bond donors (Lipinski definition) is 13. The summed E-state index contributed by atoms with van der Waals surface area (Å²) in [6, 6.07) is 8.96. The minimum absolute atomic E-state index is 0.00501. The van der Waals surface area contributed by atoms with Crippen LogP contribution < -0.4 is 43.5 Å². The molecule has 6 aromatic rings. The SMILES string of the molecule is CO[C@@H]1[C@H](OP(=O)(O)OC[C@H]2O[C@@H](n3ccc(=O)[nH]c3=O)[C@H](O)[C@@H]2O)[C@@H](COP(=O)(O)OP(=O)(O)OP(=O)(O)OC[C@H]2O[C@@H](n3c[n+](C)c4c(=O)[nH]c(N)nc43)[C@H](O)[C@@H]2CNC(=O)NCc2ccccc2)O[C@H]1n1cnc2c(N)ncnc21. The molecule has 3 fully saturated rings. The third kappa shape index (κ3) is 13.9. The Morgan fingerprint density at radius 2 is 1.37 bits per heavy atom. The Kier molecular flexibility index (Phi) is 18.1. The summed E-state index contributed by atoms with van der Waals surface area (Å²) in [7, 11) is -21.1. The summed E-state index contributed by atoms with van der Waals surface area (Å²) in [5.41, 5.74) is 9.92. The van der Waals surface area contributed by atoms with Crippen LogP contribution in [-0.2, 0) is 77.5 Å². The number of nitrogens with two attached hydrogens (primary N) is 2. The number of anilines is 2. The van der Waals surface area contributed by atoms with Gasteiger partial charge in [-0.25, -0.2) is 47.4 Å². The van der Waals surface area contributed by atoms with Crippen molar-refractivity contribution in [1.82, 2.24) is 54.2 Å². The molecule has 43 heteroatoms. The van der Waals surface area contributed by atoms with Gasteiger partial charge >= 0.3 is 48.6 Å². The van der Waals surface area contributed by atoms with E-state index in [4.69, 9.17) is 48.5 Å². The van der Waals surface area contributed by atoms with Gasteiger partial charge in [-0.15, -0.1) is 0 Å². The zero-order chi connectivity index (χ0) is 59.9. The van der Waals surface area contributed by atoms with E-state index >= 15 is 0 Å². The van der Waals surface area contributed by atoms with Crippen molar-refractivity contribution in [2.24, 2.45) is 13.0 Å². The molecule has 39 nitrogen and oxygen atoms in total. The maximum atomic E-state index is 13.7. The molecular weight excluding hydrogens is 1200 g/mol. The van der Waals surface area contributed by atoms with Crippen molar-refractivity contribution >= 4 is 71.4 Å². The third-order valence-corrected chi connectivity index (χ3v) is 18.2. The molecular formula is C40H53N14O25P4+. The number of aryl methyl sites for hydroxylation is 1. The van der Waals surface area contributed by atoms with Gasteiger partial charge in [-0.2, -0.15) is 18.2 Å². The number of nitrogens with zero attached hydrogens (tertiary/aromatic N) is 8. The van der Waals surface area contributed by atoms with Crippen LogP contribution in [0.4, 0.5) is 16.6 Å². The number of H-pyrrole nitrogens is 2. The van der Waals surface area contributed by atoms with Crippen molar-refractivity contribution in [1.29, 1.82) is 0 Å². The van der Waals surface area contributed by atoms with Gasteiger partial charge in [0.25, 0.3) is 16.7 Å². The lowest BCUT2D eigenvalue weighted by atomic mass is 9.98. The van der Waals surface area contributed by atoms with Gasteiger partial charge < -0.3 is 75.9 Å². The van der Waals surface area contributed by atoms with Crippen LogP contribution in [0.1, 0.15) is 24.2 Å². The number of benzene rings is 1. The second-order valence-corrected chi connectivity index (χ2v) is 24.5. The molecule has 16 atom stereocenters. The molecule has 15 N–H and O–H groups in total. The number of fused-ring (bicyclic) bond motifs is 2. The Hall–Kier alpha value is -6.09. The molecule has 0 aliphatic carbocycles. The fourth-order valence-corrected chi connectivity index (χ4v) is 13.7. The maximum absolute atomic E-state index is 13.7. The average Bonchev–Trinajstić information content (AvgIpc) is 2.53. The van der Waals surface area contributed by atoms with Crippen molar-refractivity contribution < 1.29 is 108 Å². The number of urea groups is 1. The van der Waals surface area contributed by atoms with Gasteiger partial charge in [0, 0.05) is 38.4 Å². The summed E-state index contributed by atoms with van der Waals surface area (Å²) in [6.45, 7) is -3.71. The smallest absolute Gasteiger partial charge is 0.387 e. The lowest BCUT2D eigenvalue weighted by molar-refractivity contribution is -0.646. The number of phosphoric acid groups is 4. The molecule has 0 bridgehead atoms. The van der Waals surface area contributed by atoms with E-state index in [-0.39, 0.29) is 40.6 Å². The molecule has 452 valence electrons. The van der Waals surface area contributed by atoms with Gasteiger partial charge in [0.05, 0.1) is 39.3 Å². The van der Waals surface area contributed by atoms with Crippen LogP contribution in [0, 0.1) is 5.92 Å². The lowest BCUT2D eigenvalue weighted by Crippen LogP contribution is -2.43. The number of carbonyl (C=O) groups is 1. The van der Waals surface area contributed by atoms with Crippen molar-refractivity contribution in [3.05, 3.63) is 98.3 Å². The molecule has 0 spiro atoms. The molecule has 3 aliphatic heterocycles. The molecule has 3 saturated heterocycles. The highest BCUT2D eigenvalue weighted by molar-refractivity contribution is 7.66. The molecule has 2 amide bonds. The zero-order valence-electron chi connectivity index (χ0n) is 42.7. The molecule has 1 aromatic carbocycles. The molecule has 9 rings (SSSR count). The molecule has 0 saturated carbocycles. The summed E-state index contributed by atoms with van der Waals surface area (Å²) in [4.78, 5) is 113. The highest BCUT2D eigenvalue weighted by atomic mass is 31.3. The summed E-state index contributed by atoms with van der Waals surface area (Å²) in [5.74, 6) is -1.64. The Balaban J connectivity index is 0.872. The number of rotatable bonds is 23. The fraction of sp³-hybridized carbons (Fsp3) is 0.475. The van der Waals surface area contributed by atoms with Gasteiger partial charge in [-0.05, 0) is 5.56 Å². The first kappa shape index (κ1) is 61.5. The number of aromatic amines is 2. The number of amides is 2. The number of carbonyl (C=O) groups excluding carboxylic acids is 1. The lowest BCUT2D eigenvalue weighted by Gasteiger charge is -2.26. The molecule has 4 unspecified atom stereocenters. The molecule has 8 heterocycles. The highest BCUT2D eigenvalue weighted by Gasteiger charge is 2.54. The van der Waals surface area contributed by atoms with Crippen LogP contribution >= 0.6 is 31.3 Å². The Bertz CT molecular complexity index is 3740. The Morgan fingerprint density at radius 1 is 0.735 bits per heavy atom. The van der Waals surface area contributed by atoms with E-state index in [1.165, 1.54) is 27.1 Å². The maximum Gasteiger partial charge on any atom is 0.490 e. The summed E-state index contributed by atoms with van der Waals surface area (Å²) in [6.07, 6.45) is -14.0. The van der Waals surface area contributed by atoms with Crippen molar-refractivity contribution in [2.45, 2.75) is 74.1 Å². The van der Waals surface area contributed by atoms with E-state index in [2.05, 4.69) is 44.2 Å². The number of imidazole rings is 2. The number of aromatic nitrogens is 10. The van der Waals surface area contributed by atoms with Gasteiger partial charge in [0.1, 0.15) is 54.6 Å². The number of aliphatic hydroxyl groups is 3. The van der Waals surface area contributed by atoms with Crippen molar-refractivity contribution in [3.8, 4) is 0 Å². The summed E-state index contributed by atoms with van der Waals surface area (Å²) in [5, 5.41) is 38.2. The predicted octanol–water partition coefficient (Wildman–Crippen LogP) is -3.12. The average molecular weight is 1250 g/mol. The summed E-state index contributed by atoms with van der Waals surface area (Å²) >= 11 is 0. The van der Waals surface area contributed by atoms with E-state index in [0.29, 0.717) is 0 Å². The number of hydrogen-bond acceptors (Lipinski definition) is 27. The van der Waals surface area contributed by atoms with Crippen molar-refractivity contribution in [2.75, 3.05) is 44.9 Å². The quantitative estimate of drug-likeness (QED) is 0.0223. The number of nitrogens with one attached hydrogen (secondary N) is 4. The summed E-state index contributed by atoms with van der Waals surface area (Å²) < 4.78 is 110. The van der Waals surface area contributed by atoms with E-state index < -0.39 is 154 Å². The number of ether oxygens (including phenoxy) is 4. The van der Waals surface area contributed by atoms with Gasteiger partial charge in [-0.1, -0.05) is 30.3 Å². The largest absolute Gasteiger partial charge is 0.490 e. The first-order chi connectivity index (χ1) is 39.1. The number of nitrogen functional groups attached to an aromatic ring is 2. The second-order valence-electron chi connectivity index (χ2n) is 18.4.